The van der Waals surface area contributed by atoms with E-state index in [1.54, 1.807) is 38.1 Å². The number of carbonyl (C=O) groups excluding carboxylic acids is 3. The van der Waals surface area contributed by atoms with E-state index in [4.69, 9.17) is 9.47 Å². The maximum atomic E-state index is 13.4. The summed E-state index contributed by atoms with van der Waals surface area (Å²) in [5, 5.41) is 11.5. The highest BCUT2D eigenvalue weighted by molar-refractivity contribution is 7.17. The molecule has 198 valence electrons. The summed E-state index contributed by atoms with van der Waals surface area (Å²) in [6, 6.07) is 13.3. The van der Waals surface area contributed by atoms with Gasteiger partial charge in [-0.3, -0.25) is 14.5 Å². The van der Waals surface area contributed by atoms with Gasteiger partial charge in [-0.2, -0.15) is 0 Å². The molecule has 1 amide bonds. The third-order valence-corrected chi connectivity index (χ3v) is 7.39. The van der Waals surface area contributed by atoms with Gasteiger partial charge < -0.3 is 14.6 Å². The third-order valence-electron chi connectivity index (χ3n) is 6.25. The predicted octanol–water partition coefficient (Wildman–Crippen LogP) is 5.78. The number of hydrogen-bond donors (Lipinski definition) is 1. The lowest BCUT2D eigenvalue weighted by molar-refractivity contribution is -0.132. The first-order chi connectivity index (χ1) is 18.2. The monoisotopic (exact) mass is 534 g/mol. The molecule has 38 heavy (non-hydrogen) atoms. The Bertz CT molecular complexity index is 1390. The second-order valence-corrected chi connectivity index (χ2v) is 10.1. The van der Waals surface area contributed by atoms with E-state index in [2.05, 4.69) is 18.8 Å². The number of aliphatic hydroxyl groups is 1. The van der Waals surface area contributed by atoms with Gasteiger partial charge in [-0.15, -0.1) is 0 Å². The van der Waals surface area contributed by atoms with E-state index in [1.807, 2.05) is 31.2 Å². The van der Waals surface area contributed by atoms with Crippen LogP contribution in [0.1, 0.15) is 71.7 Å². The van der Waals surface area contributed by atoms with E-state index in [-0.39, 0.29) is 33.9 Å². The summed E-state index contributed by atoms with van der Waals surface area (Å²) in [6.07, 6.45) is 0. The highest BCUT2D eigenvalue weighted by Crippen LogP contribution is 2.44. The number of hydrogen-bond acceptors (Lipinski definition) is 8. The minimum Gasteiger partial charge on any atom is -0.507 e. The van der Waals surface area contributed by atoms with Crippen molar-refractivity contribution in [1.82, 2.24) is 4.98 Å². The first-order valence-corrected chi connectivity index (χ1v) is 13.3. The normalized spacial score (nSPS) is 16.8. The number of benzene rings is 2. The van der Waals surface area contributed by atoms with Crippen LogP contribution < -0.4 is 9.64 Å². The molecule has 2 aromatic carbocycles. The number of esters is 1. The van der Waals surface area contributed by atoms with Crippen LogP contribution in [-0.4, -0.2) is 41.0 Å². The van der Waals surface area contributed by atoms with Crippen LogP contribution in [0.15, 0.2) is 54.1 Å². The minimum absolute atomic E-state index is 0.0537. The number of aryl methyl sites for hydroxylation is 1. The first-order valence-electron chi connectivity index (χ1n) is 12.5. The molecule has 1 unspecified atom stereocenters. The number of anilines is 1. The lowest BCUT2D eigenvalue weighted by Gasteiger charge is -2.23. The van der Waals surface area contributed by atoms with Gasteiger partial charge in [0, 0.05) is 5.56 Å². The quantitative estimate of drug-likeness (QED) is 0.169. The molecule has 0 bridgehead atoms. The van der Waals surface area contributed by atoms with Crippen LogP contribution in [0.4, 0.5) is 5.13 Å². The summed E-state index contributed by atoms with van der Waals surface area (Å²) >= 11 is 0.981. The zero-order valence-electron chi connectivity index (χ0n) is 22.0. The molecule has 0 spiro atoms. The first kappa shape index (κ1) is 27.1. The molecule has 1 atom stereocenters. The fourth-order valence-corrected chi connectivity index (χ4v) is 5.30. The number of thiazole rings is 1. The average molecular weight is 535 g/mol. The molecule has 4 rings (SSSR count). The molecular weight excluding hydrogens is 504 g/mol. The Hall–Kier alpha value is -3.98. The number of aliphatic hydroxyl groups excluding tert-OH is 1. The summed E-state index contributed by atoms with van der Waals surface area (Å²) in [5.74, 6) is -1.61. The molecule has 1 aliphatic rings. The van der Waals surface area contributed by atoms with Gasteiger partial charge in [0.25, 0.3) is 5.78 Å². The minimum atomic E-state index is -0.941. The second-order valence-electron chi connectivity index (χ2n) is 9.08. The number of aromatic nitrogens is 1. The standard InChI is InChI=1S/C29H30N2O6S/c1-6-36-21-14-12-20(13-15-21)24(32)22-23(19-10-8-18(9-11-19)16(3)4)31(27(34)25(22)33)29-30-17(5)26(38-29)28(35)37-7-2/h8-16,23,32H,6-7H2,1-5H3/b24-22+. The average Bonchev–Trinajstić information content (AvgIpc) is 3.41. The number of amides is 1. The van der Waals surface area contributed by atoms with Crippen molar-refractivity contribution in [1.29, 1.82) is 0 Å². The number of rotatable bonds is 8. The van der Waals surface area contributed by atoms with Crippen molar-refractivity contribution in [3.63, 3.8) is 0 Å². The largest absolute Gasteiger partial charge is 0.507 e. The number of ether oxygens (including phenoxy) is 2. The molecule has 1 N–H and O–H groups in total. The molecule has 0 saturated carbocycles. The van der Waals surface area contributed by atoms with E-state index < -0.39 is 23.7 Å². The Morgan fingerprint density at radius 2 is 1.71 bits per heavy atom. The fourth-order valence-electron chi connectivity index (χ4n) is 4.31. The van der Waals surface area contributed by atoms with E-state index in [1.165, 1.54) is 4.90 Å². The summed E-state index contributed by atoms with van der Waals surface area (Å²) in [6.45, 7) is 10.0. The maximum absolute atomic E-state index is 13.4. The summed E-state index contributed by atoms with van der Waals surface area (Å²) in [5.41, 5.74) is 2.43. The van der Waals surface area contributed by atoms with Crippen molar-refractivity contribution in [3.8, 4) is 5.75 Å². The fraction of sp³-hybridized carbons (Fsp3) is 0.310. The lowest BCUT2D eigenvalue weighted by Crippen LogP contribution is -2.29. The Balaban J connectivity index is 1.87. The molecule has 1 saturated heterocycles. The molecule has 1 aliphatic heterocycles. The van der Waals surface area contributed by atoms with Crippen molar-refractivity contribution in [3.05, 3.63) is 81.4 Å². The van der Waals surface area contributed by atoms with E-state index in [9.17, 15) is 19.5 Å². The Morgan fingerprint density at radius 1 is 1.05 bits per heavy atom. The van der Waals surface area contributed by atoms with Gasteiger partial charge >= 0.3 is 11.9 Å². The van der Waals surface area contributed by atoms with Gasteiger partial charge in [0.05, 0.1) is 30.5 Å². The molecule has 0 radical (unpaired) electrons. The summed E-state index contributed by atoms with van der Waals surface area (Å²) < 4.78 is 10.6. The summed E-state index contributed by atoms with van der Waals surface area (Å²) in [4.78, 5) is 45.2. The number of carbonyl (C=O) groups is 3. The van der Waals surface area contributed by atoms with Gasteiger partial charge in [0.15, 0.2) is 5.13 Å². The Morgan fingerprint density at radius 3 is 2.29 bits per heavy atom. The van der Waals surface area contributed by atoms with Crippen LogP contribution in [0.5, 0.6) is 5.75 Å². The Labute approximate surface area is 225 Å². The van der Waals surface area contributed by atoms with Crippen LogP contribution in [0.2, 0.25) is 0 Å². The van der Waals surface area contributed by atoms with Crippen molar-refractivity contribution in [2.75, 3.05) is 18.1 Å². The van der Waals surface area contributed by atoms with Crippen LogP contribution >= 0.6 is 11.3 Å². The van der Waals surface area contributed by atoms with Crippen molar-refractivity contribution < 1.29 is 29.0 Å². The second kappa shape index (κ2) is 11.2. The number of ketones is 1. The van der Waals surface area contributed by atoms with Crippen LogP contribution in [0.3, 0.4) is 0 Å². The maximum Gasteiger partial charge on any atom is 0.350 e. The topological polar surface area (TPSA) is 106 Å². The molecule has 2 heterocycles. The highest BCUT2D eigenvalue weighted by Gasteiger charge is 2.48. The molecule has 9 heteroatoms. The lowest BCUT2D eigenvalue weighted by atomic mass is 9.93. The molecule has 0 aliphatic carbocycles. The van der Waals surface area contributed by atoms with Gasteiger partial charge in [-0.25, -0.2) is 9.78 Å². The molecule has 8 nitrogen and oxygen atoms in total. The third kappa shape index (κ3) is 5.06. The van der Waals surface area contributed by atoms with Crippen molar-refractivity contribution in [2.24, 2.45) is 0 Å². The Kier molecular flexibility index (Phi) is 7.97. The van der Waals surface area contributed by atoms with E-state index in [0.29, 0.717) is 29.2 Å². The molecule has 3 aromatic rings. The van der Waals surface area contributed by atoms with Gasteiger partial charge in [0.2, 0.25) is 0 Å². The highest BCUT2D eigenvalue weighted by atomic mass is 32.1. The van der Waals surface area contributed by atoms with Crippen molar-refractivity contribution >= 4 is 39.9 Å². The molecule has 1 aromatic heterocycles. The van der Waals surface area contributed by atoms with Gasteiger partial charge in [-0.05, 0) is 62.1 Å². The smallest absolute Gasteiger partial charge is 0.350 e. The van der Waals surface area contributed by atoms with Crippen LogP contribution in [-0.2, 0) is 14.3 Å². The molecule has 1 fully saturated rings. The zero-order chi connectivity index (χ0) is 27.6. The SMILES string of the molecule is CCOC(=O)c1sc(N2C(=O)C(=O)/C(=C(/O)c3ccc(OCC)cc3)C2c2ccc(C(C)C)cc2)nc1C. The van der Waals surface area contributed by atoms with E-state index >= 15 is 0 Å². The van der Waals surface area contributed by atoms with Crippen molar-refractivity contribution in [2.45, 2.75) is 46.6 Å². The zero-order valence-corrected chi connectivity index (χ0v) is 22.8. The van der Waals surface area contributed by atoms with Gasteiger partial charge in [-0.1, -0.05) is 49.4 Å². The predicted molar refractivity (Wildman–Crippen MR) is 146 cm³/mol. The number of Topliss-reactive ketones (excluding diaryl/α,β-unsaturated/α-hetero) is 1. The summed E-state index contributed by atoms with van der Waals surface area (Å²) in [7, 11) is 0. The van der Waals surface area contributed by atoms with Gasteiger partial charge in [0.1, 0.15) is 16.4 Å². The number of nitrogens with zero attached hydrogens (tertiary/aromatic N) is 2. The van der Waals surface area contributed by atoms with Crippen LogP contribution in [0, 0.1) is 6.92 Å². The van der Waals surface area contributed by atoms with Crippen LogP contribution in [0.25, 0.3) is 5.76 Å². The van der Waals surface area contributed by atoms with E-state index in [0.717, 1.165) is 16.9 Å². The molecular formula is C29H30N2O6S.